The molecule has 0 rings (SSSR count). The van der Waals surface area contributed by atoms with E-state index in [0.717, 1.165) is 19.3 Å². The largest absolute Gasteiger partial charge is 0.462 e. The topological polar surface area (TPSA) is 122 Å². The molecule has 0 saturated heterocycles. The number of hydrogen-bond donors (Lipinski definition) is 0. The predicted octanol–water partition coefficient (Wildman–Crippen LogP) is 4.19. The Balaban J connectivity index is 4.30. The monoisotopic (exact) mass is 472 g/mol. The highest BCUT2D eigenvalue weighted by molar-refractivity contribution is 5.85. The second-order valence-corrected chi connectivity index (χ2v) is 7.84. The van der Waals surface area contributed by atoms with Crippen LogP contribution < -0.4 is 0 Å². The maximum Gasteiger partial charge on any atom is 0.313 e. The zero-order valence-electron chi connectivity index (χ0n) is 20.4. The van der Waals surface area contributed by atoms with Crippen LogP contribution in [0.25, 0.3) is 0 Å². The summed E-state index contributed by atoms with van der Waals surface area (Å²) in [6.07, 6.45) is 5.29. The van der Waals surface area contributed by atoms with Gasteiger partial charge in [0.1, 0.15) is 13.2 Å². The van der Waals surface area contributed by atoms with Crippen molar-refractivity contribution in [3.8, 4) is 0 Å². The summed E-state index contributed by atoms with van der Waals surface area (Å²) in [6.45, 7) is 5.46. The lowest BCUT2D eigenvalue weighted by atomic mass is 10.2. The number of ether oxygens (including phenoxy) is 4. The normalized spacial score (nSPS) is 11.4. The fourth-order valence-corrected chi connectivity index (χ4v) is 2.61. The van der Waals surface area contributed by atoms with E-state index in [1.165, 1.54) is 0 Å². The lowest BCUT2D eigenvalue weighted by Gasteiger charge is -2.18. The number of carbonyl (C=O) groups excluding carboxylic acids is 5. The zero-order valence-corrected chi connectivity index (χ0v) is 20.4. The van der Waals surface area contributed by atoms with Crippen molar-refractivity contribution in [2.24, 2.45) is 0 Å². The van der Waals surface area contributed by atoms with Gasteiger partial charge in [-0.1, -0.05) is 40.0 Å². The number of hydrogen-bond acceptors (Lipinski definition) is 9. The van der Waals surface area contributed by atoms with Crippen LogP contribution in [-0.2, 0) is 42.9 Å². The van der Waals surface area contributed by atoms with Gasteiger partial charge >= 0.3 is 29.8 Å². The molecule has 0 aliphatic rings. The highest BCUT2D eigenvalue weighted by atomic mass is 16.6. The van der Waals surface area contributed by atoms with Crippen LogP contribution in [0.3, 0.4) is 0 Å². The molecule has 1 atom stereocenters. The molecule has 0 aliphatic heterocycles. The van der Waals surface area contributed by atoms with Gasteiger partial charge in [-0.15, -0.1) is 0 Å². The van der Waals surface area contributed by atoms with E-state index in [9.17, 15) is 24.0 Å². The highest BCUT2D eigenvalue weighted by Gasteiger charge is 2.19. The van der Waals surface area contributed by atoms with Crippen LogP contribution in [0.1, 0.15) is 104 Å². The summed E-state index contributed by atoms with van der Waals surface area (Å²) in [6, 6.07) is 0. The summed E-state index contributed by atoms with van der Waals surface area (Å²) in [5, 5.41) is 0. The van der Waals surface area contributed by atoms with E-state index in [-0.39, 0.29) is 45.3 Å². The van der Waals surface area contributed by atoms with Crippen molar-refractivity contribution < 1.29 is 42.9 Å². The summed E-state index contributed by atoms with van der Waals surface area (Å²) < 4.78 is 20.3. The lowest BCUT2D eigenvalue weighted by Crippen LogP contribution is -2.30. The third-order valence-corrected chi connectivity index (χ3v) is 4.60. The second kappa shape index (κ2) is 20.2. The van der Waals surface area contributed by atoms with Crippen molar-refractivity contribution in [1.82, 2.24) is 0 Å². The number of rotatable bonds is 19. The van der Waals surface area contributed by atoms with Crippen LogP contribution in [0.2, 0.25) is 0 Å². The molecule has 0 N–H and O–H groups in total. The Morgan fingerprint density at radius 2 is 0.879 bits per heavy atom. The molecule has 9 heteroatoms. The molecule has 0 aromatic carbocycles. The smallest absolute Gasteiger partial charge is 0.313 e. The maximum atomic E-state index is 12.0. The highest BCUT2D eigenvalue weighted by Crippen LogP contribution is 2.07. The standard InChI is InChI=1S/C24H40O9/c1-4-7-12-20(25)30-17-19(32-22(27)13-8-5-2)18-31-21(26)15-10-11-16-24(29)33-23(28)14-9-6-3/h19H,4-18H2,1-3H3. The summed E-state index contributed by atoms with van der Waals surface area (Å²) in [5.41, 5.74) is 0. The number of esters is 5. The van der Waals surface area contributed by atoms with Gasteiger partial charge in [0.25, 0.3) is 0 Å². The molecule has 33 heavy (non-hydrogen) atoms. The summed E-state index contributed by atoms with van der Waals surface area (Å²) in [7, 11) is 0. The van der Waals surface area contributed by atoms with Crippen LogP contribution in [0.5, 0.6) is 0 Å². The molecule has 0 radical (unpaired) electrons. The van der Waals surface area contributed by atoms with E-state index in [2.05, 4.69) is 0 Å². The second-order valence-electron chi connectivity index (χ2n) is 7.84. The molecule has 0 heterocycles. The van der Waals surface area contributed by atoms with Crippen molar-refractivity contribution in [2.45, 2.75) is 110 Å². The minimum atomic E-state index is -0.868. The van der Waals surface area contributed by atoms with E-state index in [1.54, 1.807) is 0 Å². The summed E-state index contributed by atoms with van der Waals surface area (Å²) >= 11 is 0. The first-order chi connectivity index (χ1) is 15.8. The first kappa shape index (κ1) is 30.6. The van der Waals surface area contributed by atoms with E-state index in [1.807, 2.05) is 20.8 Å². The van der Waals surface area contributed by atoms with Gasteiger partial charge in [-0.05, 0) is 32.1 Å². The average molecular weight is 473 g/mol. The van der Waals surface area contributed by atoms with Gasteiger partial charge in [0.2, 0.25) is 0 Å². The molecule has 0 aliphatic carbocycles. The lowest BCUT2D eigenvalue weighted by molar-refractivity contribution is -0.167. The minimum Gasteiger partial charge on any atom is -0.462 e. The molecule has 9 nitrogen and oxygen atoms in total. The third-order valence-electron chi connectivity index (χ3n) is 4.60. The molecule has 0 aromatic heterocycles. The molecule has 0 spiro atoms. The summed E-state index contributed by atoms with van der Waals surface area (Å²) in [4.78, 5) is 58.6. The van der Waals surface area contributed by atoms with Gasteiger partial charge in [-0.3, -0.25) is 24.0 Å². The molecule has 0 saturated carbocycles. The van der Waals surface area contributed by atoms with E-state index >= 15 is 0 Å². The summed E-state index contributed by atoms with van der Waals surface area (Å²) in [5.74, 6) is -2.48. The number of carbonyl (C=O) groups is 5. The van der Waals surface area contributed by atoms with Gasteiger partial charge < -0.3 is 18.9 Å². The molecule has 0 bridgehead atoms. The fraction of sp³-hybridized carbons (Fsp3) is 0.792. The Morgan fingerprint density at radius 3 is 1.33 bits per heavy atom. The third kappa shape index (κ3) is 18.8. The van der Waals surface area contributed by atoms with E-state index in [4.69, 9.17) is 18.9 Å². The van der Waals surface area contributed by atoms with Gasteiger partial charge in [-0.25, -0.2) is 0 Å². The van der Waals surface area contributed by atoms with Crippen LogP contribution in [-0.4, -0.2) is 49.2 Å². The molecular formula is C24H40O9. The Morgan fingerprint density at radius 1 is 0.515 bits per heavy atom. The van der Waals surface area contributed by atoms with E-state index in [0.29, 0.717) is 32.1 Å². The van der Waals surface area contributed by atoms with Gasteiger partial charge in [-0.2, -0.15) is 0 Å². The first-order valence-corrected chi connectivity index (χ1v) is 12.1. The fourth-order valence-electron chi connectivity index (χ4n) is 2.61. The Hall–Kier alpha value is -2.45. The molecular weight excluding hydrogens is 432 g/mol. The molecule has 0 fully saturated rings. The zero-order chi connectivity index (χ0) is 24.9. The van der Waals surface area contributed by atoms with Gasteiger partial charge in [0, 0.05) is 32.1 Å². The van der Waals surface area contributed by atoms with Crippen molar-refractivity contribution >= 4 is 29.8 Å². The molecule has 1 unspecified atom stereocenters. The Kier molecular flexibility index (Phi) is 18.7. The molecule has 190 valence electrons. The van der Waals surface area contributed by atoms with Crippen molar-refractivity contribution in [3.63, 3.8) is 0 Å². The van der Waals surface area contributed by atoms with Gasteiger partial charge in [0.15, 0.2) is 6.10 Å². The predicted molar refractivity (Wildman–Crippen MR) is 120 cm³/mol. The van der Waals surface area contributed by atoms with E-state index < -0.39 is 36.0 Å². The molecule has 0 amide bonds. The SMILES string of the molecule is CCCCC(=O)OCC(COC(=O)CCCCC(=O)OC(=O)CCCC)OC(=O)CCCC. The van der Waals surface area contributed by atoms with Crippen LogP contribution in [0.15, 0.2) is 0 Å². The maximum absolute atomic E-state index is 12.0. The number of unbranched alkanes of at least 4 members (excludes halogenated alkanes) is 4. The van der Waals surface area contributed by atoms with Crippen molar-refractivity contribution in [3.05, 3.63) is 0 Å². The van der Waals surface area contributed by atoms with Crippen molar-refractivity contribution in [1.29, 1.82) is 0 Å². The Labute approximate surface area is 196 Å². The minimum absolute atomic E-state index is 0.0382. The van der Waals surface area contributed by atoms with Crippen LogP contribution >= 0.6 is 0 Å². The van der Waals surface area contributed by atoms with Gasteiger partial charge in [0.05, 0.1) is 0 Å². The molecule has 0 aromatic rings. The van der Waals surface area contributed by atoms with Crippen molar-refractivity contribution in [2.75, 3.05) is 13.2 Å². The average Bonchev–Trinajstić information content (AvgIpc) is 2.79. The van der Waals surface area contributed by atoms with Crippen LogP contribution in [0.4, 0.5) is 0 Å². The first-order valence-electron chi connectivity index (χ1n) is 12.1. The Bertz CT molecular complexity index is 601. The quantitative estimate of drug-likeness (QED) is 0.118. The van der Waals surface area contributed by atoms with Crippen LogP contribution in [0, 0.1) is 0 Å².